The van der Waals surface area contributed by atoms with Gasteiger partial charge in [0.05, 0.1) is 0 Å². The molecule has 0 aliphatic heterocycles. The van der Waals surface area contributed by atoms with E-state index in [2.05, 4.69) is 5.10 Å². The molecule has 3 nitrogen and oxygen atoms in total. The monoisotopic (exact) mass is 366 g/mol. The van der Waals surface area contributed by atoms with Gasteiger partial charge < -0.3 is 4.68 Å². The summed E-state index contributed by atoms with van der Waals surface area (Å²) in [7, 11) is -4.47. The Balaban J connectivity index is 2.52. The molecule has 1 heterocycles. The quantitative estimate of drug-likeness (QED) is 0.409. The molecular weight excluding hydrogens is 340 g/mol. The second kappa shape index (κ2) is 6.46. The normalized spacial score (nSPS) is 13.4. The molecule has 0 saturated carbocycles. The molecule has 0 atom stereocenters. The predicted molar refractivity (Wildman–Crippen MR) is 99.9 cm³/mol. The molecule has 0 saturated heterocycles. The van der Waals surface area contributed by atoms with Crippen molar-refractivity contribution >= 4 is 16.5 Å². The van der Waals surface area contributed by atoms with Gasteiger partial charge >= 0.3 is 0 Å². The molecular formula is C17H26F2N3Si2-. The van der Waals surface area contributed by atoms with E-state index in [-0.39, 0.29) is 5.56 Å². The molecule has 0 bridgehead atoms. The summed E-state index contributed by atoms with van der Waals surface area (Å²) in [5, 5.41) is 4.10. The van der Waals surface area contributed by atoms with Crippen LogP contribution in [0.2, 0.25) is 39.3 Å². The molecule has 24 heavy (non-hydrogen) atoms. The Bertz CT molecular complexity index is 660. The second-order valence-electron chi connectivity index (χ2n) is 7.92. The highest BCUT2D eigenvalue weighted by Gasteiger charge is 2.49. The van der Waals surface area contributed by atoms with Gasteiger partial charge in [-0.05, 0) is 11.8 Å². The van der Waals surface area contributed by atoms with E-state index in [9.17, 15) is 0 Å². The number of hydrogen-bond donors (Lipinski definition) is 0. The molecule has 0 aliphatic carbocycles. The first-order valence-electron chi connectivity index (χ1n) is 8.06. The highest BCUT2D eigenvalue weighted by Crippen LogP contribution is 2.41. The fraction of sp³-hybridized carbons (Fsp3) is 0.412. The number of hydrogen-bond acceptors (Lipinski definition) is 2. The number of halogens is 2. The minimum Gasteiger partial charge on any atom is -0.326 e. The van der Waals surface area contributed by atoms with Crippen molar-refractivity contribution in [3.63, 3.8) is 0 Å². The number of benzene rings is 1. The summed E-state index contributed by atoms with van der Waals surface area (Å²) in [5.41, 5.74) is 0.540. The van der Waals surface area contributed by atoms with Crippen LogP contribution in [0.5, 0.6) is 0 Å². The van der Waals surface area contributed by atoms with E-state index in [0.717, 1.165) is 0 Å². The fourth-order valence-electron chi connectivity index (χ4n) is 3.35. The minimum absolute atomic E-state index is 0.0466. The van der Waals surface area contributed by atoms with E-state index >= 15 is 8.78 Å². The highest BCUT2D eigenvalue weighted by atomic mass is 28.4. The summed E-state index contributed by atoms with van der Waals surface area (Å²) in [5.74, 6) is 0. The summed E-state index contributed by atoms with van der Waals surface area (Å²) in [6.45, 7) is 13.6. The van der Waals surface area contributed by atoms with E-state index in [0.29, 0.717) is 5.56 Å². The van der Waals surface area contributed by atoms with Crippen molar-refractivity contribution in [1.29, 1.82) is 0 Å². The third kappa shape index (κ3) is 3.96. The van der Waals surface area contributed by atoms with Crippen molar-refractivity contribution in [2.45, 2.75) is 45.3 Å². The Kier molecular flexibility index (Phi) is 5.08. The van der Waals surface area contributed by atoms with Gasteiger partial charge in [-0.1, -0.05) is 64.0 Å². The molecule has 0 N–H and O–H groups in total. The van der Waals surface area contributed by atoms with Crippen LogP contribution in [0, 0.1) is 6.54 Å². The Morgan fingerprint density at radius 2 is 1.58 bits per heavy atom. The summed E-state index contributed by atoms with van der Waals surface area (Å²) < 4.78 is 34.4. The molecule has 0 spiro atoms. The van der Waals surface area contributed by atoms with Crippen molar-refractivity contribution in [1.82, 2.24) is 14.0 Å². The van der Waals surface area contributed by atoms with E-state index in [1.54, 1.807) is 52.1 Å². The minimum atomic E-state index is -3.00. The molecule has 0 fully saturated rings. The van der Waals surface area contributed by atoms with Gasteiger partial charge in [0, 0.05) is 6.20 Å². The molecule has 7 heteroatoms. The topological polar surface area (TPSA) is 21.1 Å². The maximum atomic E-state index is 15.6. The first-order valence-corrected chi connectivity index (χ1v) is 15.0. The molecule has 0 aliphatic rings. The predicted octanol–water partition coefficient (Wildman–Crippen LogP) is 4.96. The summed E-state index contributed by atoms with van der Waals surface area (Å²) in [6.07, 6.45) is 3.37. The first-order chi connectivity index (χ1) is 10.9. The van der Waals surface area contributed by atoms with Gasteiger partial charge in [-0.25, -0.2) is 0 Å². The van der Waals surface area contributed by atoms with E-state index < -0.39 is 22.5 Å². The maximum Gasteiger partial charge on any atom is 0.287 e. The Morgan fingerprint density at radius 3 is 2.08 bits per heavy atom. The lowest BCUT2D eigenvalue weighted by Gasteiger charge is -2.49. The zero-order valence-electron chi connectivity index (χ0n) is 15.2. The molecule has 1 aromatic heterocycles. The van der Waals surface area contributed by atoms with E-state index in [1.165, 1.54) is 6.07 Å². The van der Waals surface area contributed by atoms with Gasteiger partial charge in [-0.15, -0.1) is 17.7 Å². The Labute approximate surface area is 145 Å². The van der Waals surface area contributed by atoms with Crippen molar-refractivity contribution < 1.29 is 8.78 Å². The van der Waals surface area contributed by atoms with Crippen molar-refractivity contribution in [3.05, 3.63) is 60.4 Å². The van der Waals surface area contributed by atoms with Gasteiger partial charge in [0.1, 0.15) is 16.5 Å². The highest BCUT2D eigenvalue weighted by molar-refractivity contribution is 6.89. The van der Waals surface area contributed by atoms with Crippen LogP contribution in [-0.4, -0.2) is 30.5 Å². The average molecular weight is 367 g/mol. The van der Waals surface area contributed by atoms with Crippen LogP contribution in [0.25, 0.3) is 0 Å². The van der Waals surface area contributed by atoms with Gasteiger partial charge in [-0.2, -0.15) is 13.9 Å². The lowest BCUT2D eigenvalue weighted by Crippen LogP contribution is -2.65. The first kappa shape index (κ1) is 18.9. The summed E-state index contributed by atoms with van der Waals surface area (Å²) >= 11 is 0. The van der Waals surface area contributed by atoms with Crippen LogP contribution in [0.4, 0.5) is 8.78 Å². The van der Waals surface area contributed by atoms with Crippen molar-refractivity contribution in [2.24, 2.45) is 0 Å². The van der Waals surface area contributed by atoms with Crippen LogP contribution < -0.4 is 0 Å². The van der Waals surface area contributed by atoms with Crippen LogP contribution in [-0.2, 0) is 6.05 Å². The SMILES string of the molecule is C[Si](C)(C)N(C(F)(F)c1ccccc1[CH-]n1cccn1)[Si](C)(C)C. The smallest absolute Gasteiger partial charge is 0.287 e. The van der Waals surface area contributed by atoms with Gasteiger partial charge in [0.15, 0.2) is 0 Å². The molecule has 132 valence electrons. The van der Waals surface area contributed by atoms with Crippen molar-refractivity contribution in [2.75, 3.05) is 0 Å². The number of nitrogens with zero attached hydrogens (tertiary/aromatic N) is 3. The van der Waals surface area contributed by atoms with Crippen LogP contribution in [0.3, 0.4) is 0 Å². The number of alkyl halides is 2. The Hall–Kier alpha value is -1.45. The van der Waals surface area contributed by atoms with E-state index in [1.807, 2.05) is 39.3 Å². The third-order valence-corrected chi connectivity index (χ3v) is 11.0. The van der Waals surface area contributed by atoms with Gasteiger partial charge in [0.2, 0.25) is 0 Å². The zero-order valence-corrected chi connectivity index (χ0v) is 17.2. The van der Waals surface area contributed by atoms with E-state index in [4.69, 9.17) is 0 Å². The van der Waals surface area contributed by atoms with Gasteiger partial charge in [0.25, 0.3) is 6.05 Å². The molecule has 0 amide bonds. The molecule has 2 rings (SSSR count). The number of aromatic nitrogens is 2. The van der Waals surface area contributed by atoms with Crippen LogP contribution >= 0.6 is 0 Å². The molecule has 2 aromatic rings. The third-order valence-electron chi connectivity index (χ3n) is 3.70. The summed E-state index contributed by atoms with van der Waals surface area (Å²) in [6, 6.07) is 5.47. The molecule has 1 aromatic carbocycles. The maximum absolute atomic E-state index is 15.6. The Morgan fingerprint density at radius 1 is 1.00 bits per heavy atom. The second-order valence-corrected chi connectivity index (χ2v) is 17.9. The average Bonchev–Trinajstić information content (AvgIpc) is 2.87. The zero-order chi connectivity index (χ0) is 18.2. The van der Waals surface area contributed by atoms with Gasteiger partial charge in [-0.3, -0.25) is 4.23 Å². The van der Waals surface area contributed by atoms with Crippen LogP contribution in [0.1, 0.15) is 11.1 Å². The molecule has 0 radical (unpaired) electrons. The summed E-state index contributed by atoms with van der Waals surface area (Å²) in [4.78, 5) is 0. The number of rotatable bonds is 6. The fourth-order valence-corrected chi connectivity index (χ4v) is 13.3. The van der Waals surface area contributed by atoms with Crippen molar-refractivity contribution in [3.8, 4) is 0 Å². The lowest BCUT2D eigenvalue weighted by molar-refractivity contribution is -0.0820. The molecule has 0 unspecified atom stereocenters. The standard InChI is InChI=1S/C17H26F2N3Si2/c1-23(2,3)22(24(4,5)6)17(18,19)16-11-8-7-10-15(16)14-21-13-9-12-20-21/h7-14H,1-6H3/q-1. The largest absolute Gasteiger partial charge is 0.326 e. The lowest BCUT2D eigenvalue weighted by atomic mass is 10.1. The van der Waals surface area contributed by atoms with Crippen LogP contribution in [0.15, 0.2) is 42.7 Å².